The Bertz CT molecular complexity index is 1710. The first-order valence-corrected chi connectivity index (χ1v) is 13.4. The molecule has 4 aromatic rings. The number of phenols is 1. The van der Waals surface area contributed by atoms with E-state index in [4.69, 9.17) is 27.9 Å². The lowest BCUT2D eigenvalue weighted by atomic mass is 10.0. The minimum absolute atomic E-state index is 0.0422. The van der Waals surface area contributed by atoms with Gasteiger partial charge in [-0.1, -0.05) is 53.5 Å². The van der Waals surface area contributed by atoms with E-state index in [9.17, 15) is 22.9 Å². The summed E-state index contributed by atoms with van der Waals surface area (Å²) in [7, 11) is -4.62. The van der Waals surface area contributed by atoms with E-state index in [1.54, 1.807) is 36.4 Å². The quantitative estimate of drug-likeness (QED) is 0.155. The van der Waals surface area contributed by atoms with Crippen molar-refractivity contribution in [3.63, 3.8) is 0 Å². The van der Waals surface area contributed by atoms with Crippen LogP contribution in [0.15, 0.2) is 75.8 Å². The molecule has 4 rings (SSSR count). The largest absolute Gasteiger partial charge is 0.505 e. The maximum atomic E-state index is 13.2. The van der Waals surface area contributed by atoms with Crippen molar-refractivity contribution in [2.45, 2.75) is 18.7 Å². The maximum absolute atomic E-state index is 13.2. The van der Waals surface area contributed by atoms with Crippen LogP contribution in [0.3, 0.4) is 0 Å². The first-order chi connectivity index (χ1) is 18.0. The van der Waals surface area contributed by atoms with E-state index in [0.29, 0.717) is 33.8 Å². The summed E-state index contributed by atoms with van der Waals surface area (Å²) in [5, 5.41) is 23.0. The molecule has 0 saturated carbocycles. The summed E-state index contributed by atoms with van der Waals surface area (Å²) in [6.45, 7) is 3.69. The van der Waals surface area contributed by atoms with Gasteiger partial charge >= 0.3 is 0 Å². The van der Waals surface area contributed by atoms with Gasteiger partial charge in [0, 0.05) is 22.2 Å². The number of fused-ring (bicyclic) bond motifs is 1. The molecule has 0 aliphatic rings. The number of hydrogen-bond acceptors (Lipinski definition) is 7. The van der Waals surface area contributed by atoms with Crippen molar-refractivity contribution in [3.8, 4) is 11.5 Å². The van der Waals surface area contributed by atoms with Crippen molar-refractivity contribution >= 4 is 67.1 Å². The third kappa shape index (κ3) is 5.73. The minimum atomic E-state index is -4.62. The van der Waals surface area contributed by atoms with E-state index in [0.717, 1.165) is 0 Å². The highest BCUT2D eigenvalue weighted by Gasteiger charge is 2.22. The van der Waals surface area contributed by atoms with Crippen LogP contribution in [0.25, 0.3) is 10.8 Å². The summed E-state index contributed by atoms with van der Waals surface area (Å²) in [4.78, 5) is 12.7. The van der Waals surface area contributed by atoms with Crippen molar-refractivity contribution < 1.29 is 27.6 Å². The zero-order valence-corrected chi connectivity index (χ0v) is 22.4. The van der Waals surface area contributed by atoms with Gasteiger partial charge in [0.2, 0.25) is 0 Å². The average Bonchev–Trinajstić information content (AvgIpc) is 2.83. The van der Waals surface area contributed by atoms with Crippen LogP contribution in [-0.4, -0.2) is 30.6 Å². The number of aryl methyl sites for hydroxylation is 1. The first kappa shape index (κ1) is 27.3. The molecule has 12 heteroatoms. The maximum Gasteiger partial charge on any atom is 0.296 e. The number of halogens is 2. The molecule has 0 spiro atoms. The van der Waals surface area contributed by atoms with Gasteiger partial charge < -0.3 is 15.2 Å². The Kier molecular flexibility index (Phi) is 7.89. The number of rotatable bonds is 7. The Morgan fingerprint density at radius 1 is 1.05 bits per heavy atom. The van der Waals surface area contributed by atoms with Crippen LogP contribution >= 0.6 is 23.2 Å². The van der Waals surface area contributed by atoms with Gasteiger partial charge in [-0.25, -0.2) is 0 Å². The van der Waals surface area contributed by atoms with Crippen molar-refractivity contribution in [2.75, 3.05) is 11.9 Å². The van der Waals surface area contributed by atoms with E-state index in [-0.39, 0.29) is 27.5 Å². The standard InChI is InChI=1S/C26H21Cl2N3O6S/c1-3-37-18-12-16(27)11-17(13-18)29-26(33)20-10-15-6-4-5-7-19(15)23(24(20)32)31-30-21-9-8-14(2)25(22(21)28)38(34,35)36/h4-13,32H,3H2,1-2H3,(H,29,33)(H,34,35,36). The highest BCUT2D eigenvalue weighted by Crippen LogP contribution is 2.41. The number of nitrogens with one attached hydrogen (secondary N) is 1. The predicted molar refractivity (Wildman–Crippen MR) is 146 cm³/mol. The monoisotopic (exact) mass is 573 g/mol. The predicted octanol–water partition coefficient (Wildman–Crippen LogP) is 7.47. The van der Waals surface area contributed by atoms with Crippen LogP contribution in [0.1, 0.15) is 22.8 Å². The number of azo groups is 1. The molecule has 196 valence electrons. The Morgan fingerprint density at radius 3 is 2.50 bits per heavy atom. The number of benzene rings is 4. The number of phenolic OH excluding ortho intramolecular Hbond substituents is 1. The lowest BCUT2D eigenvalue weighted by molar-refractivity contribution is 0.102. The Morgan fingerprint density at radius 2 is 1.79 bits per heavy atom. The van der Waals surface area contributed by atoms with Crippen molar-refractivity contribution in [1.29, 1.82) is 0 Å². The van der Waals surface area contributed by atoms with Crippen molar-refractivity contribution in [3.05, 3.63) is 81.8 Å². The van der Waals surface area contributed by atoms with Crippen molar-refractivity contribution in [2.24, 2.45) is 10.2 Å². The molecular formula is C26H21Cl2N3O6S. The summed E-state index contributed by atoms with van der Waals surface area (Å²) >= 11 is 12.3. The third-order valence-electron chi connectivity index (χ3n) is 5.47. The fourth-order valence-electron chi connectivity index (χ4n) is 3.82. The van der Waals surface area contributed by atoms with Gasteiger partial charge in [0.25, 0.3) is 16.0 Å². The molecule has 0 bridgehead atoms. The summed E-state index contributed by atoms with van der Waals surface area (Å²) in [6.07, 6.45) is 0. The SMILES string of the molecule is CCOc1cc(Cl)cc(NC(=O)c2cc3ccccc3c(N=Nc3ccc(C)c(S(=O)(=O)O)c3Cl)c2O)c1. The van der Waals surface area contributed by atoms with Crippen LogP contribution in [0.4, 0.5) is 17.1 Å². The molecule has 0 radical (unpaired) electrons. The molecule has 0 aliphatic carbocycles. The molecule has 9 nitrogen and oxygen atoms in total. The molecule has 0 saturated heterocycles. The van der Waals surface area contributed by atoms with Gasteiger partial charge in [-0.15, -0.1) is 10.2 Å². The highest BCUT2D eigenvalue weighted by atomic mass is 35.5. The van der Waals surface area contributed by atoms with E-state index in [2.05, 4.69) is 15.5 Å². The second-order valence-electron chi connectivity index (χ2n) is 8.12. The Balaban J connectivity index is 1.79. The molecule has 3 N–H and O–H groups in total. The zero-order valence-electron chi connectivity index (χ0n) is 20.1. The molecule has 0 aromatic heterocycles. The van der Waals surface area contributed by atoms with Gasteiger partial charge in [-0.3, -0.25) is 9.35 Å². The fourth-order valence-corrected chi connectivity index (χ4v) is 5.39. The number of hydrogen-bond donors (Lipinski definition) is 3. The van der Waals surface area contributed by atoms with Gasteiger partial charge in [-0.05, 0) is 49.1 Å². The topological polar surface area (TPSA) is 138 Å². The van der Waals surface area contributed by atoms with E-state index < -0.39 is 26.7 Å². The van der Waals surface area contributed by atoms with Crippen LogP contribution in [-0.2, 0) is 10.1 Å². The Hall–Kier alpha value is -3.70. The van der Waals surface area contributed by atoms with Crippen molar-refractivity contribution in [1.82, 2.24) is 0 Å². The molecule has 38 heavy (non-hydrogen) atoms. The molecule has 0 heterocycles. The van der Waals surface area contributed by atoms with E-state index in [1.807, 2.05) is 6.92 Å². The Labute approximate surface area is 228 Å². The number of carbonyl (C=O) groups is 1. The smallest absolute Gasteiger partial charge is 0.296 e. The summed E-state index contributed by atoms with van der Waals surface area (Å²) in [6, 6.07) is 15.9. The highest BCUT2D eigenvalue weighted by molar-refractivity contribution is 7.86. The average molecular weight is 574 g/mol. The molecule has 0 unspecified atom stereocenters. The molecule has 0 atom stereocenters. The number of carbonyl (C=O) groups excluding carboxylic acids is 1. The molecule has 4 aromatic carbocycles. The van der Waals surface area contributed by atoms with Crippen LogP contribution in [0.5, 0.6) is 11.5 Å². The molecule has 1 amide bonds. The second-order valence-corrected chi connectivity index (χ2v) is 10.3. The normalized spacial score (nSPS) is 11.7. The summed E-state index contributed by atoms with van der Waals surface area (Å²) in [5.74, 6) is -0.640. The van der Waals surface area contributed by atoms with E-state index in [1.165, 1.54) is 31.2 Å². The zero-order chi connectivity index (χ0) is 27.6. The van der Waals surface area contributed by atoms with Crippen LogP contribution in [0, 0.1) is 6.92 Å². The number of aromatic hydroxyl groups is 1. The minimum Gasteiger partial charge on any atom is -0.505 e. The van der Waals surface area contributed by atoms with Crippen LogP contribution < -0.4 is 10.1 Å². The number of anilines is 1. The second kappa shape index (κ2) is 11.0. The number of nitrogens with zero attached hydrogens (tertiary/aromatic N) is 2. The summed E-state index contributed by atoms with van der Waals surface area (Å²) < 4.78 is 38.6. The number of ether oxygens (including phenoxy) is 1. The lowest BCUT2D eigenvalue weighted by Gasteiger charge is -2.12. The first-order valence-electron chi connectivity index (χ1n) is 11.2. The molecular weight excluding hydrogens is 553 g/mol. The van der Waals surface area contributed by atoms with Gasteiger partial charge in [0.05, 0.1) is 17.2 Å². The lowest BCUT2D eigenvalue weighted by Crippen LogP contribution is -2.12. The van der Waals surface area contributed by atoms with Gasteiger partial charge in [0.15, 0.2) is 5.75 Å². The molecule has 0 aliphatic heterocycles. The fraction of sp³-hybridized carbons (Fsp3) is 0.115. The number of amides is 1. The van der Waals surface area contributed by atoms with E-state index >= 15 is 0 Å². The van der Waals surface area contributed by atoms with Gasteiger partial charge in [-0.2, -0.15) is 8.42 Å². The summed E-state index contributed by atoms with van der Waals surface area (Å²) in [5.41, 5.74) is 0.372. The van der Waals surface area contributed by atoms with Crippen LogP contribution in [0.2, 0.25) is 10.0 Å². The molecule has 0 fully saturated rings. The third-order valence-corrected chi connectivity index (χ3v) is 7.22. The van der Waals surface area contributed by atoms with Gasteiger partial charge in [0.1, 0.15) is 22.0 Å².